The van der Waals surface area contributed by atoms with Crippen LogP contribution in [0, 0.1) is 23.7 Å². The first-order valence-corrected chi connectivity index (χ1v) is 9.09. The SMILES string of the molecule is CC(C)[C@@H]1CC[C@@H](C)C[C@H]1C(=O)NC1=C=C(C(=O)OC(C)(C)C)C1. The van der Waals surface area contributed by atoms with Gasteiger partial charge in [-0.15, -0.1) is 0 Å². The molecule has 134 valence electrons. The topological polar surface area (TPSA) is 55.4 Å². The lowest BCUT2D eigenvalue weighted by Gasteiger charge is -2.36. The van der Waals surface area contributed by atoms with E-state index in [1.54, 1.807) is 0 Å². The van der Waals surface area contributed by atoms with Crippen LogP contribution in [0.15, 0.2) is 17.0 Å². The molecule has 1 N–H and O–H groups in total. The van der Waals surface area contributed by atoms with Gasteiger partial charge < -0.3 is 10.1 Å². The van der Waals surface area contributed by atoms with E-state index >= 15 is 0 Å². The van der Waals surface area contributed by atoms with Gasteiger partial charge in [-0.25, -0.2) is 4.79 Å². The molecule has 0 aliphatic heterocycles. The van der Waals surface area contributed by atoms with E-state index in [0.717, 1.165) is 12.8 Å². The van der Waals surface area contributed by atoms with Crippen molar-refractivity contribution in [3.63, 3.8) is 0 Å². The third kappa shape index (κ3) is 4.73. The van der Waals surface area contributed by atoms with Crippen molar-refractivity contribution in [2.45, 2.75) is 72.8 Å². The summed E-state index contributed by atoms with van der Waals surface area (Å²) in [7, 11) is 0. The molecule has 4 nitrogen and oxygen atoms in total. The molecular weight excluding hydrogens is 302 g/mol. The number of carbonyl (C=O) groups excluding carboxylic acids is 2. The van der Waals surface area contributed by atoms with Gasteiger partial charge in [0, 0.05) is 12.3 Å². The number of carbonyl (C=O) groups is 2. The lowest BCUT2D eigenvalue weighted by molar-refractivity contribution is -0.150. The maximum atomic E-state index is 12.7. The second kappa shape index (κ2) is 7.14. The minimum Gasteiger partial charge on any atom is -0.456 e. The van der Waals surface area contributed by atoms with E-state index in [1.807, 2.05) is 20.8 Å². The molecule has 0 aromatic heterocycles. The molecule has 1 saturated carbocycles. The second-order valence-corrected chi connectivity index (χ2v) is 8.68. The average Bonchev–Trinajstić information content (AvgIpc) is 2.39. The van der Waals surface area contributed by atoms with Gasteiger partial charge >= 0.3 is 5.97 Å². The first kappa shape index (κ1) is 18.8. The molecule has 4 heteroatoms. The summed E-state index contributed by atoms with van der Waals surface area (Å²) in [5.74, 6) is 1.36. The number of amides is 1. The van der Waals surface area contributed by atoms with Crippen molar-refractivity contribution in [2.24, 2.45) is 23.7 Å². The Balaban J connectivity index is 2.00. The summed E-state index contributed by atoms with van der Waals surface area (Å²) in [6.07, 6.45) is 3.72. The highest BCUT2D eigenvalue weighted by atomic mass is 16.6. The molecule has 1 fully saturated rings. The molecule has 0 aromatic rings. The normalized spacial score (nSPS) is 27.0. The molecule has 0 saturated heterocycles. The Morgan fingerprint density at radius 2 is 1.88 bits per heavy atom. The van der Waals surface area contributed by atoms with E-state index in [1.165, 1.54) is 6.42 Å². The predicted octanol–water partition coefficient (Wildman–Crippen LogP) is 3.97. The van der Waals surface area contributed by atoms with Crippen molar-refractivity contribution in [2.75, 3.05) is 0 Å². The lowest BCUT2D eigenvalue weighted by atomic mass is 9.69. The Morgan fingerprint density at radius 3 is 2.42 bits per heavy atom. The fourth-order valence-corrected chi connectivity index (χ4v) is 3.62. The molecule has 24 heavy (non-hydrogen) atoms. The number of hydrogen-bond donors (Lipinski definition) is 1. The van der Waals surface area contributed by atoms with Crippen LogP contribution in [0.4, 0.5) is 0 Å². The minimum atomic E-state index is -0.506. The Kier molecular flexibility index (Phi) is 5.59. The van der Waals surface area contributed by atoms with Crippen molar-refractivity contribution < 1.29 is 14.3 Å². The van der Waals surface area contributed by atoms with Gasteiger partial charge in [-0.2, -0.15) is 0 Å². The van der Waals surface area contributed by atoms with Crippen LogP contribution in [0.25, 0.3) is 0 Å². The predicted molar refractivity (Wildman–Crippen MR) is 94.0 cm³/mol. The third-order valence-corrected chi connectivity index (χ3v) is 4.93. The molecule has 0 aromatic carbocycles. The maximum Gasteiger partial charge on any atom is 0.342 e. The fraction of sp³-hybridized carbons (Fsp3) is 0.750. The minimum absolute atomic E-state index is 0.0635. The third-order valence-electron chi connectivity index (χ3n) is 4.93. The van der Waals surface area contributed by atoms with Crippen LogP contribution in [0.3, 0.4) is 0 Å². The first-order chi connectivity index (χ1) is 11.1. The zero-order valence-electron chi connectivity index (χ0n) is 15.9. The molecule has 1 amide bonds. The number of ether oxygens (including phenoxy) is 1. The fourth-order valence-electron chi connectivity index (χ4n) is 3.62. The van der Waals surface area contributed by atoms with Gasteiger partial charge in [-0.3, -0.25) is 4.79 Å². The summed E-state index contributed by atoms with van der Waals surface area (Å²) in [4.78, 5) is 24.6. The standard InChI is InChI=1S/C20H31NO3/c1-12(2)16-8-7-13(3)9-17(16)18(22)21-15-10-14(11-15)19(23)24-20(4,5)6/h12-13,16-17H,7-10H2,1-6H3,(H,21,22)/t13-,16+,17-/m1/s1. The van der Waals surface area contributed by atoms with Crippen LogP contribution >= 0.6 is 0 Å². The van der Waals surface area contributed by atoms with E-state index in [-0.39, 0.29) is 17.8 Å². The number of rotatable bonds is 4. The van der Waals surface area contributed by atoms with Crippen molar-refractivity contribution in [3.05, 3.63) is 17.0 Å². The number of hydrogen-bond acceptors (Lipinski definition) is 3. The summed E-state index contributed by atoms with van der Waals surface area (Å²) in [5, 5.41) is 2.98. The molecule has 0 spiro atoms. The van der Waals surface area contributed by atoms with Gasteiger partial charge in [0.1, 0.15) is 5.60 Å². The molecule has 3 atom stereocenters. The Bertz CT molecular complexity index is 576. The van der Waals surface area contributed by atoms with Crippen molar-refractivity contribution >= 4 is 11.9 Å². The first-order valence-electron chi connectivity index (χ1n) is 9.09. The molecular formula is C20H31NO3. The number of esters is 1. The Morgan fingerprint density at radius 1 is 1.25 bits per heavy atom. The van der Waals surface area contributed by atoms with Crippen LogP contribution in [0.2, 0.25) is 0 Å². The Labute approximate surface area is 145 Å². The summed E-state index contributed by atoms with van der Waals surface area (Å²) in [6, 6.07) is 0. The van der Waals surface area contributed by atoms with Crippen LogP contribution in [0.1, 0.15) is 67.2 Å². The molecule has 0 bridgehead atoms. The van der Waals surface area contributed by atoms with Crippen molar-refractivity contribution in [3.8, 4) is 0 Å². The van der Waals surface area contributed by atoms with Crippen LogP contribution in [-0.2, 0) is 14.3 Å². The maximum absolute atomic E-state index is 12.7. The molecule has 0 unspecified atom stereocenters. The molecule has 2 rings (SSSR count). The highest BCUT2D eigenvalue weighted by Gasteiger charge is 2.36. The van der Waals surface area contributed by atoms with Gasteiger partial charge in [0.15, 0.2) is 0 Å². The highest BCUT2D eigenvalue weighted by molar-refractivity contribution is 5.91. The lowest BCUT2D eigenvalue weighted by Crippen LogP contribution is -2.40. The van der Waals surface area contributed by atoms with Gasteiger partial charge in [0.05, 0.1) is 11.3 Å². The van der Waals surface area contributed by atoms with Crippen LogP contribution < -0.4 is 5.32 Å². The number of nitrogens with one attached hydrogen (secondary N) is 1. The molecule has 0 heterocycles. The van der Waals surface area contributed by atoms with Crippen LogP contribution in [-0.4, -0.2) is 17.5 Å². The van der Waals surface area contributed by atoms with Gasteiger partial charge in [-0.1, -0.05) is 32.9 Å². The zero-order chi connectivity index (χ0) is 18.1. The summed E-state index contributed by atoms with van der Waals surface area (Å²) >= 11 is 0. The van der Waals surface area contributed by atoms with Gasteiger partial charge in [-0.05, 0) is 51.4 Å². The quantitative estimate of drug-likeness (QED) is 0.626. The monoisotopic (exact) mass is 333 g/mol. The van der Waals surface area contributed by atoms with Gasteiger partial charge in [0.25, 0.3) is 0 Å². The van der Waals surface area contributed by atoms with E-state index in [2.05, 4.69) is 31.8 Å². The largest absolute Gasteiger partial charge is 0.456 e. The summed E-state index contributed by atoms with van der Waals surface area (Å²) < 4.78 is 5.31. The molecule has 0 radical (unpaired) electrons. The van der Waals surface area contributed by atoms with E-state index in [0.29, 0.717) is 35.4 Å². The van der Waals surface area contributed by atoms with E-state index < -0.39 is 5.60 Å². The highest BCUT2D eigenvalue weighted by Crippen LogP contribution is 2.38. The van der Waals surface area contributed by atoms with Crippen molar-refractivity contribution in [1.82, 2.24) is 5.32 Å². The molecule has 2 aliphatic carbocycles. The summed E-state index contributed by atoms with van der Waals surface area (Å²) in [6.45, 7) is 12.1. The molecule has 2 aliphatic rings. The average molecular weight is 333 g/mol. The van der Waals surface area contributed by atoms with Crippen LogP contribution in [0.5, 0.6) is 0 Å². The van der Waals surface area contributed by atoms with Crippen molar-refractivity contribution in [1.29, 1.82) is 0 Å². The summed E-state index contributed by atoms with van der Waals surface area (Å²) in [5.41, 5.74) is 3.67. The second-order valence-electron chi connectivity index (χ2n) is 8.68. The van der Waals surface area contributed by atoms with E-state index in [9.17, 15) is 9.59 Å². The van der Waals surface area contributed by atoms with E-state index in [4.69, 9.17) is 4.74 Å². The zero-order valence-corrected chi connectivity index (χ0v) is 15.9. The Hall–Kier alpha value is -1.54. The van der Waals surface area contributed by atoms with Gasteiger partial charge in [0.2, 0.25) is 5.91 Å². The smallest absolute Gasteiger partial charge is 0.342 e.